The minimum Gasteiger partial charge on any atom is -0.374 e. The number of hydrazine groups is 1. The van der Waals surface area contributed by atoms with Gasteiger partial charge in [-0.1, -0.05) is 11.6 Å². The highest BCUT2D eigenvalue weighted by molar-refractivity contribution is 7.80. The van der Waals surface area contributed by atoms with Gasteiger partial charge in [0.25, 0.3) is 5.91 Å². The van der Waals surface area contributed by atoms with E-state index in [9.17, 15) is 4.79 Å². The maximum absolute atomic E-state index is 11.9. The second-order valence-corrected chi connectivity index (χ2v) is 4.60. The van der Waals surface area contributed by atoms with Gasteiger partial charge in [0.05, 0.1) is 18.1 Å². The van der Waals surface area contributed by atoms with Crippen LogP contribution in [0.3, 0.4) is 0 Å². The van der Waals surface area contributed by atoms with E-state index in [0.717, 1.165) is 0 Å². The molecule has 0 fully saturated rings. The van der Waals surface area contributed by atoms with E-state index in [1.165, 1.54) is 22.2 Å². The molecule has 0 radical (unpaired) electrons. The Hall–Kier alpha value is -2.19. The van der Waals surface area contributed by atoms with Gasteiger partial charge in [0, 0.05) is 5.02 Å². The second kappa shape index (κ2) is 6.31. The fraction of sp³-hybridized carbons (Fsp3) is 0.0909. The quantitative estimate of drug-likeness (QED) is 0.641. The smallest absolute Gasteiger partial charge is 0.262 e. The first-order chi connectivity index (χ1) is 9.56. The fourth-order valence-corrected chi connectivity index (χ4v) is 1.73. The number of carbonyl (C=O) groups excluding carboxylic acids is 1. The number of hydrogen-bond donors (Lipinski definition) is 2. The van der Waals surface area contributed by atoms with Crippen molar-refractivity contribution in [1.29, 1.82) is 0 Å². The van der Waals surface area contributed by atoms with Crippen LogP contribution >= 0.6 is 23.8 Å². The van der Waals surface area contributed by atoms with Gasteiger partial charge in [0.2, 0.25) is 0 Å². The Kier molecular flexibility index (Phi) is 4.49. The van der Waals surface area contributed by atoms with Crippen molar-refractivity contribution >= 4 is 40.5 Å². The lowest BCUT2D eigenvalue weighted by molar-refractivity contribution is -0.122. The summed E-state index contributed by atoms with van der Waals surface area (Å²) in [5, 5.41) is 9.55. The van der Waals surface area contributed by atoms with E-state index in [1.54, 1.807) is 24.3 Å². The first kappa shape index (κ1) is 14.2. The van der Waals surface area contributed by atoms with E-state index in [-0.39, 0.29) is 17.6 Å². The molecule has 1 heterocycles. The van der Waals surface area contributed by atoms with E-state index in [0.29, 0.717) is 10.7 Å². The summed E-state index contributed by atoms with van der Waals surface area (Å²) >= 11 is 10.7. The maximum atomic E-state index is 11.9. The molecule has 0 bridgehead atoms. The number of thiocarbonyl (C=S) groups is 1. The minimum absolute atomic E-state index is 0.00842. The van der Waals surface area contributed by atoms with Gasteiger partial charge in [-0.05, 0) is 36.5 Å². The largest absolute Gasteiger partial charge is 0.374 e. The summed E-state index contributed by atoms with van der Waals surface area (Å²) in [6.45, 7) is -0.0420. The monoisotopic (exact) mass is 310 g/mol. The van der Waals surface area contributed by atoms with Gasteiger partial charge < -0.3 is 5.73 Å². The number of hydrogen-bond acceptors (Lipinski definition) is 4. The molecule has 7 nitrogen and oxygen atoms in total. The first-order valence-corrected chi connectivity index (χ1v) is 6.33. The number of carbonyl (C=O) groups is 1. The number of anilines is 1. The zero-order valence-corrected chi connectivity index (χ0v) is 11.8. The molecule has 20 heavy (non-hydrogen) atoms. The van der Waals surface area contributed by atoms with Gasteiger partial charge in [-0.2, -0.15) is 15.0 Å². The molecule has 0 saturated heterocycles. The summed E-state index contributed by atoms with van der Waals surface area (Å²) in [5.41, 5.74) is 8.78. The van der Waals surface area contributed by atoms with Crippen molar-refractivity contribution in [2.24, 2.45) is 5.73 Å². The molecule has 0 atom stereocenters. The van der Waals surface area contributed by atoms with Crippen LogP contribution < -0.4 is 16.2 Å². The van der Waals surface area contributed by atoms with Crippen LogP contribution in [0.4, 0.5) is 5.69 Å². The molecule has 2 rings (SSSR count). The topological polar surface area (TPSA) is 89.1 Å². The van der Waals surface area contributed by atoms with Crippen molar-refractivity contribution in [3.8, 4) is 0 Å². The Balaban J connectivity index is 2.08. The third-order valence-electron chi connectivity index (χ3n) is 2.29. The fourth-order valence-electron chi connectivity index (χ4n) is 1.45. The molecule has 9 heteroatoms. The average Bonchev–Trinajstić information content (AvgIpc) is 2.90. The van der Waals surface area contributed by atoms with Crippen LogP contribution in [0.2, 0.25) is 5.02 Å². The van der Waals surface area contributed by atoms with Crippen LogP contribution in [-0.2, 0) is 11.3 Å². The minimum atomic E-state index is -0.357. The van der Waals surface area contributed by atoms with Gasteiger partial charge in [0.1, 0.15) is 6.54 Å². The third-order valence-corrected chi connectivity index (χ3v) is 2.73. The predicted molar refractivity (Wildman–Crippen MR) is 78.9 cm³/mol. The summed E-state index contributed by atoms with van der Waals surface area (Å²) < 4.78 is 0. The summed E-state index contributed by atoms with van der Waals surface area (Å²) in [5.74, 6) is -0.357. The summed E-state index contributed by atoms with van der Waals surface area (Å²) in [6, 6.07) is 6.72. The van der Waals surface area contributed by atoms with Crippen LogP contribution in [0, 0.1) is 0 Å². The van der Waals surface area contributed by atoms with Crippen LogP contribution in [0.5, 0.6) is 0 Å². The highest BCUT2D eigenvalue weighted by Gasteiger charge is 2.13. The van der Waals surface area contributed by atoms with E-state index in [1.807, 2.05) is 0 Å². The van der Waals surface area contributed by atoms with Gasteiger partial charge in [-0.15, -0.1) is 0 Å². The number of halogens is 1. The Morgan fingerprint density at radius 1 is 1.35 bits per heavy atom. The average molecular weight is 311 g/mol. The molecule has 1 aromatic carbocycles. The van der Waals surface area contributed by atoms with E-state index < -0.39 is 0 Å². The predicted octanol–water partition coefficient (Wildman–Crippen LogP) is 0.713. The van der Waals surface area contributed by atoms with E-state index >= 15 is 0 Å². The molecule has 104 valence electrons. The molecule has 1 amide bonds. The number of nitrogens with zero attached hydrogens (tertiary/aromatic N) is 4. The zero-order chi connectivity index (χ0) is 14.5. The summed E-state index contributed by atoms with van der Waals surface area (Å²) in [6.07, 6.45) is 2.97. The lowest BCUT2D eigenvalue weighted by Crippen LogP contribution is -2.50. The molecule has 0 saturated carbocycles. The van der Waals surface area contributed by atoms with Gasteiger partial charge in [-0.25, -0.2) is 5.01 Å². The molecule has 2 aromatic rings. The Bertz CT molecular complexity index is 600. The van der Waals surface area contributed by atoms with Crippen molar-refractivity contribution in [1.82, 2.24) is 20.4 Å². The van der Waals surface area contributed by atoms with E-state index in [4.69, 9.17) is 29.6 Å². The van der Waals surface area contributed by atoms with Crippen molar-refractivity contribution in [3.63, 3.8) is 0 Å². The van der Waals surface area contributed by atoms with Crippen LogP contribution in [0.15, 0.2) is 36.7 Å². The Morgan fingerprint density at radius 3 is 2.50 bits per heavy atom. The molecule has 1 aromatic heterocycles. The first-order valence-electron chi connectivity index (χ1n) is 5.55. The molecule has 0 spiro atoms. The lowest BCUT2D eigenvalue weighted by atomic mass is 10.3. The molecule has 3 N–H and O–H groups in total. The summed E-state index contributed by atoms with van der Waals surface area (Å²) in [7, 11) is 0. The third kappa shape index (κ3) is 3.65. The van der Waals surface area contributed by atoms with Crippen molar-refractivity contribution < 1.29 is 4.79 Å². The van der Waals surface area contributed by atoms with Crippen LogP contribution in [-0.4, -0.2) is 26.0 Å². The number of nitrogens with two attached hydrogens (primary N) is 1. The molecule has 0 aliphatic carbocycles. The number of benzene rings is 1. The second-order valence-electron chi connectivity index (χ2n) is 3.74. The molecule has 0 unspecified atom stereocenters. The van der Waals surface area contributed by atoms with Crippen molar-refractivity contribution in [3.05, 3.63) is 41.7 Å². The Labute approximate surface area is 125 Å². The number of nitrogens with one attached hydrogen (secondary N) is 1. The number of aromatic nitrogens is 3. The van der Waals surface area contributed by atoms with Gasteiger partial charge in [0.15, 0.2) is 5.11 Å². The van der Waals surface area contributed by atoms with Crippen molar-refractivity contribution in [2.75, 3.05) is 5.01 Å². The zero-order valence-electron chi connectivity index (χ0n) is 10.2. The molecule has 0 aliphatic heterocycles. The SMILES string of the molecule is NC(=S)N(NC(=O)Cn1nccn1)c1ccc(Cl)cc1. The highest BCUT2D eigenvalue weighted by Crippen LogP contribution is 2.16. The van der Waals surface area contributed by atoms with Crippen molar-refractivity contribution in [2.45, 2.75) is 6.54 Å². The lowest BCUT2D eigenvalue weighted by Gasteiger charge is -2.23. The normalized spacial score (nSPS) is 10.1. The van der Waals surface area contributed by atoms with Crippen LogP contribution in [0.25, 0.3) is 0 Å². The van der Waals surface area contributed by atoms with Crippen LogP contribution in [0.1, 0.15) is 0 Å². The van der Waals surface area contributed by atoms with Gasteiger partial charge >= 0.3 is 0 Å². The highest BCUT2D eigenvalue weighted by atomic mass is 35.5. The Morgan fingerprint density at radius 2 is 1.95 bits per heavy atom. The maximum Gasteiger partial charge on any atom is 0.262 e. The summed E-state index contributed by atoms with van der Waals surface area (Å²) in [4.78, 5) is 13.1. The standard InChI is InChI=1S/C11H11ClN6OS/c12-8-1-3-9(4-2-8)18(11(13)20)16-10(19)7-17-14-5-6-15-17/h1-6H,7H2,(H2,13,20)(H,16,19). The molecule has 0 aliphatic rings. The van der Waals surface area contributed by atoms with E-state index in [2.05, 4.69) is 15.6 Å². The molecular weight excluding hydrogens is 300 g/mol. The van der Waals surface area contributed by atoms with Gasteiger partial charge in [-0.3, -0.25) is 10.2 Å². The molecular formula is C11H11ClN6OS. The number of amides is 1. The number of rotatable bonds is 3.